The van der Waals surface area contributed by atoms with Gasteiger partial charge in [0.15, 0.2) is 0 Å². The molecule has 3 aliphatic heterocycles. The van der Waals surface area contributed by atoms with Crippen molar-refractivity contribution in [3.05, 3.63) is 64.2 Å². The molecule has 0 unspecified atom stereocenters. The number of nitrogens with zero attached hydrogens (tertiary/aromatic N) is 2. The van der Waals surface area contributed by atoms with Crippen LogP contribution in [0.5, 0.6) is 0 Å². The zero-order valence-corrected chi connectivity index (χ0v) is 19.6. The standard InChI is InChI=1S/C25H23FN4O4S/c26-18-4-1-14-2-6-22(32)30-11-15(23(18)24(14)30)10-27-8-7-17-12-29(25(33)34-17)16-3-5-20-19(9-16)28-21(31)13-35-20/h1-6,9,15,17,27H,7-8,10-13H2,(H,28,31)/t15-,17-/m0/s1. The van der Waals surface area contributed by atoms with E-state index in [2.05, 4.69) is 10.6 Å². The lowest BCUT2D eigenvalue weighted by molar-refractivity contribution is -0.113. The summed E-state index contributed by atoms with van der Waals surface area (Å²) < 4.78 is 21.8. The number of hydrogen-bond acceptors (Lipinski definition) is 6. The minimum atomic E-state index is -0.413. The molecule has 3 aliphatic rings. The van der Waals surface area contributed by atoms with E-state index in [1.165, 1.54) is 23.9 Å². The Hall–Kier alpha value is -3.37. The molecule has 3 aromatic rings. The van der Waals surface area contributed by atoms with Gasteiger partial charge in [-0.25, -0.2) is 9.18 Å². The van der Waals surface area contributed by atoms with Crippen molar-refractivity contribution in [3.8, 4) is 0 Å². The lowest BCUT2D eigenvalue weighted by atomic mass is 9.99. The van der Waals surface area contributed by atoms with Crippen molar-refractivity contribution in [1.82, 2.24) is 9.88 Å². The highest BCUT2D eigenvalue weighted by atomic mass is 32.2. The van der Waals surface area contributed by atoms with Gasteiger partial charge in [-0.1, -0.05) is 0 Å². The molecule has 10 heteroatoms. The van der Waals surface area contributed by atoms with E-state index in [4.69, 9.17) is 4.74 Å². The average molecular weight is 495 g/mol. The van der Waals surface area contributed by atoms with Crippen LogP contribution in [0.1, 0.15) is 17.9 Å². The van der Waals surface area contributed by atoms with E-state index >= 15 is 0 Å². The molecule has 1 fully saturated rings. The maximum atomic E-state index is 14.6. The monoisotopic (exact) mass is 494 g/mol. The Morgan fingerprint density at radius 2 is 1.97 bits per heavy atom. The highest BCUT2D eigenvalue weighted by Crippen LogP contribution is 2.36. The van der Waals surface area contributed by atoms with E-state index in [0.29, 0.717) is 60.8 Å². The van der Waals surface area contributed by atoms with Crippen molar-refractivity contribution >= 4 is 46.0 Å². The predicted octanol–water partition coefficient (Wildman–Crippen LogP) is 3.29. The number of pyridine rings is 1. The number of carbonyl (C=O) groups excluding carboxylic acids is 2. The van der Waals surface area contributed by atoms with Crippen molar-refractivity contribution in [2.24, 2.45) is 0 Å². The molecular weight excluding hydrogens is 471 g/mol. The Bertz CT molecular complexity index is 1420. The van der Waals surface area contributed by atoms with Gasteiger partial charge in [-0.05, 0) is 54.8 Å². The van der Waals surface area contributed by atoms with Crippen molar-refractivity contribution < 1.29 is 18.7 Å². The van der Waals surface area contributed by atoms with Gasteiger partial charge in [-0.3, -0.25) is 14.5 Å². The van der Waals surface area contributed by atoms with Crippen LogP contribution in [0.2, 0.25) is 0 Å². The first-order valence-electron chi connectivity index (χ1n) is 11.6. The molecule has 0 radical (unpaired) electrons. The highest BCUT2D eigenvalue weighted by Gasteiger charge is 2.33. The minimum absolute atomic E-state index is 0.0565. The lowest BCUT2D eigenvalue weighted by Crippen LogP contribution is -2.29. The smallest absolute Gasteiger partial charge is 0.414 e. The highest BCUT2D eigenvalue weighted by molar-refractivity contribution is 8.00. The van der Waals surface area contributed by atoms with E-state index < -0.39 is 6.09 Å². The van der Waals surface area contributed by atoms with Crippen LogP contribution in [0.3, 0.4) is 0 Å². The maximum absolute atomic E-state index is 14.6. The van der Waals surface area contributed by atoms with Crippen LogP contribution in [0.15, 0.2) is 52.2 Å². The number of amides is 2. The number of ether oxygens (including phenoxy) is 1. The summed E-state index contributed by atoms with van der Waals surface area (Å²) in [5.41, 5.74) is 2.55. The molecule has 2 amide bonds. The van der Waals surface area contributed by atoms with Gasteiger partial charge in [0.1, 0.15) is 11.9 Å². The van der Waals surface area contributed by atoms with Gasteiger partial charge in [-0.2, -0.15) is 0 Å². The van der Waals surface area contributed by atoms with Crippen molar-refractivity contribution in [2.75, 3.05) is 35.6 Å². The largest absolute Gasteiger partial charge is 0.444 e. The maximum Gasteiger partial charge on any atom is 0.414 e. The van der Waals surface area contributed by atoms with Gasteiger partial charge in [0.2, 0.25) is 5.91 Å². The first-order valence-corrected chi connectivity index (χ1v) is 12.5. The summed E-state index contributed by atoms with van der Waals surface area (Å²) in [4.78, 5) is 39.0. The summed E-state index contributed by atoms with van der Waals surface area (Å²) in [5.74, 6) is -0.0985. The number of cyclic esters (lactones) is 1. The summed E-state index contributed by atoms with van der Waals surface area (Å²) in [7, 11) is 0. The molecule has 180 valence electrons. The van der Waals surface area contributed by atoms with Gasteiger partial charge in [0.25, 0.3) is 5.56 Å². The number of anilines is 2. The Kier molecular flexibility index (Phi) is 5.49. The predicted molar refractivity (Wildman–Crippen MR) is 132 cm³/mol. The lowest BCUT2D eigenvalue weighted by Gasteiger charge is -2.20. The third kappa shape index (κ3) is 3.96. The zero-order valence-electron chi connectivity index (χ0n) is 18.8. The van der Waals surface area contributed by atoms with E-state index in [1.54, 1.807) is 27.7 Å². The SMILES string of the molecule is O=C1CSc2ccc(N3C[C@H](CCNC[C@H]4Cn5c(=O)ccc6ccc(F)c4c65)OC3=O)cc2N1. The Morgan fingerprint density at radius 3 is 2.86 bits per heavy atom. The Balaban J connectivity index is 1.06. The molecule has 0 saturated carbocycles. The summed E-state index contributed by atoms with van der Waals surface area (Å²) >= 11 is 1.47. The van der Waals surface area contributed by atoms with Crippen molar-refractivity contribution in [2.45, 2.75) is 29.9 Å². The summed E-state index contributed by atoms with van der Waals surface area (Å²) in [6.45, 7) is 1.96. The van der Waals surface area contributed by atoms with Crippen LogP contribution in [0.4, 0.5) is 20.6 Å². The Labute approximate surface area is 204 Å². The van der Waals surface area contributed by atoms with Crippen LogP contribution >= 0.6 is 11.8 Å². The molecule has 8 nitrogen and oxygen atoms in total. The molecule has 0 spiro atoms. The molecule has 0 aliphatic carbocycles. The van der Waals surface area contributed by atoms with Crippen LogP contribution in [0.25, 0.3) is 10.9 Å². The summed E-state index contributed by atoms with van der Waals surface area (Å²) in [5, 5.41) is 7.06. The fourth-order valence-electron chi connectivity index (χ4n) is 5.11. The quantitative estimate of drug-likeness (QED) is 0.511. The fourth-order valence-corrected chi connectivity index (χ4v) is 5.89. The molecule has 2 aromatic carbocycles. The van der Waals surface area contributed by atoms with Crippen molar-refractivity contribution in [3.63, 3.8) is 0 Å². The number of hydrogen-bond donors (Lipinski definition) is 2. The summed E-state index contributed by atoms with van der Waals surface area (Å²) in [6.07, 6.45) is -0.0887. The fraction of sp³-hybridized carbons (Fsp3) is 0.320. The molecule has 1 aromatic heterocycles. The van der Waals surface area contributed by atoms with Crippen LogP contribution in [0, 0.1) is 5.82 Å². The molecule has 2 N–H and O–H groups in total. The molecule has 6 rings (SSSR count). The van der Waals surface area contributed by atoms with Gasteiger partial charge in [-0.15, -0.1) is 11.8 Å². The third-order valence-corrected chi connectivity index (χ3v) is 7.84. The molecule has 2 atom stereocenters. The van der Waals surface area contributed by atoms with E-state index in [9.17, 15) is 18.8 Å². The number of nitrogens with one attached hydrogen (secondary N) is 2. The van der Waals surface area contributed by atoms with Crippen molar-refractivity contribution in [1.29, 1.82) is 0 Å². The number of rotatable bonds is 6. The topological polar surface area (TPSA) is 92.7 Å². The number of thioether (sulfide) groups is 1. The van der Waals surface area contributed by atoms with Gasteiger partial charge >= 0.3 is 6.09 Å². The number of halogens is 1. The molecule has 4 heterocycles. The van der Waals surface area contributed by atoms with Crippen LogP contribution < -0.4 is 21.1 Å². The second-order valence-electron chi connectivity index (χ2n) is 9.00. The number of aromatic nitrogens is 1. The van der Waals surface area contributed by atoms with Gasteiger partial charge in [0, 0.05) is 41.2 Å². The van der Waals surface area contributed by atoms with Gasteiger partial charge in [0.05, 0.1) is 23.5 Å². The first kappa shape index (κ1) is 22.1. The molecule has 35 heavy (non-hydrogen) atoms. The second-order valence-corrected chi connectivity index (χ2v) is 10.0. The van der Waals surface area contributed by atoms with Crippen LogP contribution in [-0.2, 0) is 16.1 Å². The average Bonchev–Trinajstić information content (AvgIpc) is 3.42. The summed E-state index contributed by atoms with van der Waals surface area (Å²) in [6, 6.07) is 12.0. The normalized spacial score (nSPS) is 20.8. The molecule has 0 bridgehead atoms. The van der Waals surface area contributed by atoms with E-state index in [0.717, 1.165) is 10.3 Å². The Morgan fingerprint density at radius 1 is 1.11 bits per heavy atom. The number of fused-ring (bicyclic) bond motifs is 1. The second kappa shape index (κ2) is 8.69. The van der Waals surface area contributed by atoms with Crippen LogP contribution in [-0.4, -0.2) is 48.1 Å². The minimum Gasteiger partial charge on any atom is -0.444 e. The van der Waals surface area contributed by atoms with Gasteiger partial charge < -0.3 is 19.9 Å². The third-order valence-electron chi connectivity index (χ3n) is 6.76. The van der Waals surface area contributed by atoms with E-state index in [1.807, 2.05) is 12.1 Å². The first-order chi connectivity index (χ1) is 17.0. The number of carbonyl (C=O) groups is 2. The molecule has 1 saturated heterocycles. The van der Waals surface area contributed by atoms with E-state index in [-0.39, 0.29) is 29.3 Å². The number of benzene rings is 2. The zero-order chi connectivity index (χ0) is 24.1. The molecular formula is C25H23FN4O4S.